The lowest BCUT2D eigenvalue weighted by atomic mass is 9.75. The van der Waals surface area contributed by atoms with Crippen LogP contribution in [-0.4, -0.2) is 78.6 Å². The average Bonchev–Trinajstić information content (AvgIpc) is 3.03. The normalized spacial score (nSPS) is 26.7. The van der Waals surface area contributed by atoms with Gasteiger partial charge < -0.3 is 10.2 Å². The molecule has 1 saturated carbocycles. The second-order valence-corrected chi connectivity index (χ2v) is 11.4. The van der Waals surface area contributed by atoms with Crippen molar-refractivity contribution in [2.75, 3.05) is 32.7 Å². The molecule has 3 fully saturated rings. The number of halogens is 1. The van der Waals surface area contributed by atoms with E-state index >= 15 is 0 Å². The number of carbonyl (C=O) groups excluding carboxylic acids is 3. The minimum atomic E-state index is -3.72. The van der Waals surface area contributed by atoms with Crippen LogP contribution in [0.3, 0.4) is 0 Å². The third-order valence-corrected chi connectivity index (χ3v) is 9.23. The Morgan fingerprint density at radius 2 is 1.82 bits per heavy atom. The molecule has 1 aromatic carbocycles. The quantitative estimate of drug-likeness (QED) is 0.628. The predicted octanol–water partition coefficient (Wildman–Crippen LogP) is 2.06. The minimum Gasteiger partial charge on any atom is -0.338 e. The number of hydrogen-bond donors (Lipinski definition) is 1. The van der Waals surface area contributed by atoms with Gasteiger partial charge in [-0.25, -0.2) is 13.2 Å². The van der Waals surface area contributed by atoms with Crippen molar-refractivity contribution >= 4 is 39.5 Å². The van der Waals surface area contributed by atoms with E-state index < -0.39 is 21.6 Å². The average molecular weight is 497 g/mol. The van der Waals surface area contributed by atoms with Gasteiger partial charge in [0, 0.05) is 31.2 Å². The smallest absolute Gasteiger partial charge is 0.325 e. The van der Waals surface area contributed by atoms with Gasteiger partial charge in [0.25, 0.3) is 5.91 Å². The summed E-state index contributed by atoms with van der Waals surface area (Å²) in [6, 6.07) is 5.54. The van der Waals surface area contributed by atoms with Crippen LogP contribution in [0.25, 0.3) is 0 Å². The summed E-state index contributed by atoms with van der Waals surface area (Å²) in [6.07, 6.45) is 4.02. The van der Waals surface area contributed by atoms with E-state index in [4.69, 9.17) is 11.6 Å². The molecule has 1 spiro atoms. The molecule has 0 atom stereocenters. The Morgan fingerprint density at radius 3 is 2.42 bits per heavy atom. The largest absolute Gasteiger partial charge is 0.338 e. The van der Waals surface area contributed by atoms with E-state index in [9.17, 15) is 22.8 Å². The summed E-state index contributed by atoms with van der Waals surface area (Å²) in [4.78, 5) is 41.0. The zero-order valence-electron chi connectivity index (χ0n) is 18.6. The van der Waals surface area contributed by atoms with E-state index in [2.05, 4.69) is 12.2 Å². The molecule has 11 heteroatoms. The molecule has 0 unspecified atom stereocenters. The van der Waals surface area contributed by atoms with Crippen LogP contribution in [0.15, 0.2) is 29.2 Å². The molecule has 1 aliphatic carbocycles. The fraction of sp³-hybridized carbons (Fsp3) is 0.591. The summed E-state index contributed by atoms with van der Waals surface area (Å²) in [6.45, 7) is 2.43. The van der Waals surface area contributed by atoms with Gasteiger partial charge in [0.1, 0.15) is 12.1 Å². The maximum absolute atomic E-state index is 13.0. The van der Waals surface area contributed by atoms with Crippen molar-refractivity contribution in [3.8, 4) is 0 Å². The van der Waals surface area contributed by atoms with Crippen molar-refractivity contribution < 1.29 is 22.8 Å². The van der Waals surface area contributed by atoms with E-state index in [1.807, 2.05) is 0 Å². The number of imide groups is 1. The van der Waals surface area contributed by atoms with Gasteiger partial charge in [-0.05, 0) is 49.8 Å². The molecule has 4 rings (SSSR count). The van der Waals surface area contributed by atoms with E-state index in [1.54, 1.807) is 12.1 Å². The number of carbonyl (C=O) groups is 3. The SMILES string of the molecule is CCC1CCC2(CC1)NC(=O)N(CC(=O)N1CCN(S(=O)(=O)c3cccc(Cl)c3)CC1)C2=O. The van der Waals surface area contributed by atoms with Gasteiger partial charge in [-0.3, -0.25) is 14.5 Å². The highest BCUT2D eigenvalue weighted by molar-refractivity contribution is 7.89. The topological polar surface area (TPSA) is 107 Å². The number of benzene rings is 1. The first-order chi connectivity index (χ1) is 15.7. The third-order valence-electron chi connectivity index (χ3n) is 7.10. The van der Waals surface area contributed by atoms with Crippen LogP contribution in [0.2, 0.25) is 5.02 Å². The highest BCUT2D eigenvalue weighted by Gasteiger charge is 2.52. The van der Waals surface area contributed by atoms with Gasteiger partial charge in [0.2, 0.25) is 15.9 Å². The molecular formula is C22H29ClN4O5S. The van der Waals surface area contributed by atoms with Crippen LogP contribution in [0.1, 0.15) is 39.0 Å². The minimum absolute atomic E-state index is 0.109. The van der Waals surface area contributed by atoms with Crippen molar-refractivity contribution in [3.05, 3.63) is 29.3 Å². The lowest BCUT2D eigenvalue weighted by Crippen LogP contribution is -2.53. The fourth-order valence-electron chi connectivity index (χ4n) is 4.93. The number of piperazine rings is 1. The second kappa shape index (κ2) is 9.23. The predicted molar refractivity (Wildman–Crippen MR) is 122 cm³/mol. The molecule has 180 valence electrons. The number of nitrogens with one attached hydrogen (secondary N) is 1. The monoisotopic (exact) mass is 496 g/mol. The number of amides is 4. The van der Waals surface area contributed by atoms with Crippen molar-refractivity contribution in [1.29, 1.82) is 0 Å². The molecule has 4 amide bonds. The summed E-state index contributed by atoms with van der Waals surface area (Å²) in [5.74, 6) is -0.120. The Kier molecular flexibility index (Phi) is 6.70. The molecule has 2 aliphatic heterocycles. The molecular weight excluding hydrogens is 468 g/mol. The zero-order valence-corrected chi connectivity index (χ0v) is 20.2. The van der Waals surface area contributed by atoms with Crippen molar-refractivity contribution in [2.24, 2.45) is 5.92 Å². The standard InChI is InChI=1S/C22H29ClN4O5S/c1-2-16-6-8-22(9-7-16)20(29)27(21(30)24-22)15-19(28)25-10-12-26(13-11-25)33(31,32)18-5-3-4-17(23)14-18/h3-5,14,16H,2,6-13,15H2,1H3,(H,24,30). The van der Waals surface area contributed by atoms with Gasteiger partial charge in [0.05, 0.1) is 4.90 Å². The van der Waals surface area contributed by atoms with Gasteiger partial charge in [-0.15, -0.1) is 0 Å². The fourth-order valence-corrected chi connectivity index (χ4v) is 6.65. The summed E-state index contributed by atoms with van der Waals surface area (Å²) in [5, 5.41) is 3.17. The summed E-state index contributed by atoms with van der Waals surface area (Å²) < 4.78 is 27.0. The molecule has 1 N–H and O–H groups in total. The molecule has 0 radical (unpaired) electrons. The number of rotatable bonds is 5. The van der Waals surface area contributed by atoms with Crippen molar-refractivity contribution in [1.82, 2.24) is 19.4 Å². The lowest BCUT2D eigenvalue weighted by molar-refractivity contribution is -0.140. The Balaban J connectivity index is 1.35. The first kappa shape index (κ1) is 24.0. The van der Waals surface area contributed by atoms with Crippen LogP contribution >= 0.6 is 11.6 Å². The van der Waals surface area contributed by atoms with Crippen LogP contribution in [-0.2, 0) is 19.6 Å². The molecule has 1 aromatic rings. The van der Waals surface area contributed by atoms with Crippen molar-refractivity contribution in [3.63, 3.8) is 0 Å². The first-order valence-corrected chi connectivity index (χ1v) is 13.2. The van der Waals surface area contributed by atoms with Gasteiger partial charge in [0.15, 0.2) is 0 Å². The Hall–Kier alpha value is -2.17. The van der Waals surface area contributed by atoms with Gasteiger partial charge in [-0.1, -0.05) is 31.0 Å². The second-order valence-electron chi connectivity index (χ2n) is 9.00. The van der Waals surface area contributed by atoms with Crippen LogP contribution in [0.5, 0.6) is 0 Å². The highest BCUT2D eigenvalue weighted by Crippen LogP contribution is 2.37. The highest BCUT2D eigenvalue weighted by atomic mass is 35.5. The number of urea groups is 1. The summed E-state index contributed by atoms with van der Waals surface area (Å²) >= 11 is 5.93. The third kappa shape index (κ3) is 4.61. The van der Waals surface area contributed by atoms with E-state index in [1.165, 1.54) is 21.3 Å². The van der Waals surface area contributed by atoms with Gasteiger partial charge in [-0.2, -0.15) is 4.31 Å². The van der Waals surface area contributed by atoms with Crippen LogP contribution in [0, 0.1) is 5.92 Å². The number of hydrogen-bond acceptors (Lipinski definition) is 5. The van der Waals surface area contributed by atoms with Gasteiger partial charge >= 0.3 is 6.03 Å². The van der Waals surface area contributed by atoms with E-state index in [0.29, 0.717) is 23.8 Å². The van der Waals surface area contributed by atoms with Crippen LogP contribution in [0.4, 0.5) is 4.79 Å². The Morgan fingerprint density at radius 1 is 1.15 bits per heavy atom. The first-order valence-electron chi connectivity index (χ1n) is 11.3. The summed E-state index contributed by atoms with van der Waals surface area (Å²) in [7, 11) is -3.72. The lowest BCUT2D eigenvalue weighted by Gasteiger charge is -2.35. The molecule has 2 heterocycles. The van der Waals surface area contributed by atoms with Crippen LogP contribution < -0.4 is 5.32 Å². The number of sulfonamides is 1. The molecule has 2 saturated heterocycles. The molecule has 0 aromatic heterocycles. The van der Waals surface area contributed by atoms with E-state index in [0.717, 1.165) is 24.2 Å². The maximum atomic E-state index is 13.0. The van der Waals surface area contributed by atoms with Crippen molar-refractivity contribution in [2.45, 2.75) is 49.5 Å². The Labute approximate surface area is 199 Å². The molecule has 9 nitrogen and oxygen atoms in total. The van der Waals surface area contributed by atoms with E-state index in [-0.39, 0.29) is 49.4 Å². The zero-order chi connectivity index (χ0) is 23.8. The molecule has 3 aliphatic rings. The molecule has 33 heavy (non-hydrogen) atoms. The number of nitrogens with zero attached hydrogens (tertiary/aromatic N) is 3. The molecule has 0 bridgehead atoms. The maximum Gasteiger partial charge on any atom is 0.325 e. The Bertz CT molecular complexity index is 1050. The summed E-state index contributed by atoms with van der Waals surface area (Å²) in [5.41, 5.74) is -0.882.